The number of fused-ring (bicyclic) bond motifs is 3. The fraction of sp³-hybridized carbons (Fsp3) is 0.263. The SMILES string of the molecule is O=S(=O)(c1ccccc1)n1ccc2c3nc(C4CC(CO)C4)[nH]c3cnc21. The van der Waals surface area contributed by atoms with Crippen molar-refractivity contribution in [2.24, 2.45) is 5.92 Å². The number of aromatic nitrogens is 4. The Kier molecular flexibility index (Phi) is 3.60. The van der Waals surface area contributed by atoms with Gasteiger partial charge in [0.15, 0.2) is 5.65 Å². The summed E-state index contributed by atoms with van der Waals surface area (Å²) in [7, 11) is -3.72. The van der Waals surface area contributed by atoms with Crippen molar-refractivity contribution < 1.29 is 13.5 Å². The van der Waals surface area contributed by atoms with Gasteiger partial charge in [-0.3, -0.25) is 0 Å². The van der Waals surface area contributed by atoms with Crippen LogP contribution in [0.3, 0.4) is 0 Å². The van der Waals surface area contributed by atoms with Crippen LogP contribution < -0.4 is 0 Å². The quantitative estimate of drug-likeness (QED) is 0.565. The van der Waals surface area contributed by atoms with E-state index >= 15 is 0 Å². The molecule has 7 nitrogen and oxygen atoms in total. The Morgan fingerprint density at radius 3 is 2.70 bits per heavy atom. The Hall–Kier alpha value is -2.71. The summed E-state index contributed by atoms with van der Waals surface area (Å²) in [6.45, 7) is 0.211. The van der Waals surface area contributed by atoms with Gasteiger partial charge in [0, 0.05) is 24.1 Å². The molecule has 3 aromatic heterocycles. The summed E-state index contributed by atoms with van der Waals surface area (Å²) < 4.78 is 27.1. The normalized spacial score (nSPS) is 20.2. The highest BCUT2D eigenvalue weighted by atomic mass is 32.2. The Morgan fingerprint density at radius 2 is 1.96 bits per heavy atom. The minimum Gasteiger partial charge on any atom is -0.396 e. The minimum absolute atomic E-state index is 0.211. The van der Waals surface area contributed by atoms with E-state index in [-0.39, 0.29) is 11.5 Å². The number of pyridine rings is 1. The molecule has 0 amide bonds. The van der Waals surface area contributed by atoms with E-state index in [0.717, 1.165) is 29.7 Å². The van der Waals surface area contributed by atoms with Gasteiger partial charge >= 0.3 is 0 Å². The molecular formula is C19H18N4O3S. The maximum atomic E-state index is 13.0. The molecule has 1 fully saturated rings. The highest BCUT2D eigenvalue weighted by Gasteiger charge is 2.32. The van der Waals surface area contributed by atoms with E-state index in [0.29, 0.717) is 22.9 Å². The van der Waals surface area contributed by atoms with E-state index in [1.54, 1.807) is 42.6 Å². The minimum atomic E-state index is -3.72. The second-order valence-electron chi connectivity index (χ2n) is 7.03. The van der Waals surface area contributed by atoms with Crippen molar-refractivity contribution in [3.8, 4) is 0 Å². The molecule has 0 atom stereocenters. The first-order valence-electron chi connectivity index (χ1n) is 8.85. The predicted octanol–water partition coefficient (Wildman–Crippen LogP) is 2.64. The third-order valence-corrected chi connectivity index (χ3v) is 7.01. The lowest BCUT2D eigenvalue weighted by atomic mass is 9.75. The van der Waals surface area contributed by atoms with Gasteiger partial charge < -0.3 is 10.1 Å². The summed E-state index contributed by atoms with van der Waals surface area (Å²) in [5.74, 6) is 1.53. The number of hydrogen-bond acceptors (Lipinski definition) is 5. The zero-order chi connectivity index (χ0) is 18.6. The van der Waals surface area contributed by atoms with Crippen molar-refractivity contribution in [1.82, 2.24) is 18.9 Å². The van der Waals surface area contributed by atoms with Gasteiger partial charge in [0.1, 0.15) is 11.3 Å². The van der Waals surface area contributed by atoms with Gasteiger partial charge in [-0.05, 0) is 37.0 Å². The summed E-state index contributed by atoms with van der Waals surface area (Å²) in [6.07, 6.45) is 4.99. The molecule has 2 N–H and O–H groups in total. The van der Waals surface area contributed by atoms with Crippen LogP contribution in [0.2, 0.25) is 0 Å². The number of nitrogens with one attached hydrogen (secondary N) is 1. The van der Waals surface area contributed by atoms with E-state index in [9.17, 15) is 13.5 Å². The average Bonchev–Trinajstić information content (AvgIpc) is 3.25. The average molecular weight is 382 g/mol. The van der Waals surface area contributed by atoms with Gasteiger partial charge in [-0.25, -0.2) is 22.4 Å². The number of H-pyrrole nitrogens is 1. The number of hydrogen-bond donors (Lipinski definition) is 2. The lowest BCUT2D eigenvalue weighted by Crippen LogP contribution is -2.25. The van der Waals surface area contributed by atoms with E-state index < -0.39 is 10.0 Å². The molecule has 8 heteroatoms. The molecule has 0 aliphatic heterocycles. The molecule has 1 saturated carbocycles. The van der Waals surface area contributed by atoms with Gasteiger partial charge in [0.25, 0.3) is 10.0 Å². The molecule has 138 valence electrons. The van der Waals surface area contributed by atoms with Crippen LogP contribution in [0, 0.1) is 5.92 Å². The molecule has 0 spiro atoms. The first-order chi connectivity index (χ1) is 13.1. The summed E-state index contributed by atoms with van der Waals surface area (Å²) in [6, 6.07) is 10.1. The smallest absolute Gasteiger partial charge is 0.269 e. The van der Waals surface area contributed by atoms with Crippen molar-refractivity contribution in [2.45, 2.75) is 23.7 Å². The van der Waals surface area contributed by atoms with Gasteiger partial charge in [0.05, 0.1) is 16.6 Å². The Bertz CT molecular complexity index is 1240. The van der Waals surface area contributed by atoms with E-state index in [4.69, 9.17) is 4.98 Å². The molecule has 1 aliphatic rings. The standard InChI is InChI=1S/C19H18N4O3S/c24-11-12-8-13(9-12)18-21-16-10-20-19-15(17(16)22-18)6-7-23(19)27(25,26)14-4-2-1-3-5-14/h1-7,10,12-13,24H,8-9,11H2,(H,21,22). The first-order valence-corrected chi connectivity index (χ1v) is 10.3. The number of rotatable bonds is 4. The number of nitrogens with zero attached hydrogens (tertiary/aromatic N) is 3. The number of aliphatic hydroxyl groups is 1. The fourth-order valence-corrected chi connectivity index (χ4v) is 5.07. The molecule has 0 bridgehead atoms. The fourth-order valence-electron chi connectivity index (χ4n) is 3.75. The summed E-state index contributed by atoms with van der Waals surface area (Å²) in [5.41, 5.74) is 1.88. The van der Waals surface area contributed by atoms with Crippen LogP contribution >= 0.6 is 0 Å². The Balaban J connectivity index is 1.61. The van der Waals surface area contributed by atoms with Crippen LogP contribution in [-0.4, -0.2) is 39.1 Å². The van der Waals surface area contributed by atoms with E-state index in [1.165, 1.54) is 10.2 Å². The molecule has 5 rings (SSSR count). The Labute approximate surface area is 155 Å². The third kappa shape index (κ3) is 2.48. The largest absolute Gasteiger partial charge is 0.396 e. The van der Waals surface area contributed by atoms with Crippen LogP contribution in [-0.2, 0) is 10.0 Å². The maximum absolute atomic E-state index is 13.0. The van der Waals surface area contributed by atoms with Crippen LogP contribution in [0.1, 0.15) is 24.6 Å². The molecule has 0 radical (unpaired) electrons. The molecule has 1 aromatic carbocycles. The van der Waals surface area contributed by atoms with Crippen molar-refractivity contribution in [1.29, 1.82) is 0 Å². The maximum Gasteiger partial charge on any atom is 0.269 e. The van der Waals surface area contributed by atoms with Crippen molar-refractivity contribution >= 4 is 32.1 Å². The van der Waals surface area contributed by atoms with Crippen LogP contribution in [0.15, 0.2) is 53.7 Å². The topological polar surface area (TPSA) is 101 Å². The summed E-state index contributed by atoms with van der Waals surface area (Å²) in [5, 5.41) is 9.91. The van der Waals surface area contributed by atoms with E-state index in [2.05, 4.69) is 9.97 Å². The zero-order valence-electron chi connectivity index (χ0n) is 14.4. The molecular weight excluding hydrogens is 364 g/mol. The van der Waals surface area contributed by atoms with Gasteiger partial charge in [0.2, 0.25) is 0 Å². The van der Waals surface area contributed by atoms with Crippen molar-refractivity contribution in [3.05, 3.63) is 54.6 Å². The van der Waals surface area contributed by atoms with E-state index in [1.807, 2.05) is 0 Å². The van der Waals surface area contributed by atoms with Crippen molar-refractivity contribution in [2.75, 3.05) is 6.61 Å². The second kappa shape index (κ2) is 5.90. The Morgan fingerprint density at radius 1 is 1.19 bits per heavy atom. The molecule has 4 aromatic rings. The van der Waals surface area contributed by atoms with Crippen LogP contribution in [0.4, 0.5) is 0 Å². The van der Waals surface area contributed by atoms with Gasteiger partial charge in [-0.1, -0.05) is 18.2 Å². The lowest BCUT2D eigenvalue weighted by molar-refractivity contribution is 0.139. The molecule has 27 heavy (non-hydrogen) atoms. The van der Waals surface area contributed by atoms with Crippen LogP contribution in [0.5, 0.6) is 0 Å². The van der Waals surface area contributed by atoms with Gasteiger partial charge in [-0.2, -0.15) is 0 Å². The third-order valence-electron chi connectivity index (χ3n) is 5.33. The number of benzene rings is 1. The first kappa shape index (κ1) is 16.5. The van der Waals surface area contributed by atoms with Crippen LogP contribution in [0.25, 0.3) is 22.1 Å². The second-order valence-corrected chi connectivity index (χ2v) is 8.84. The highest BCUT2D eigenvalue weighted by molar-refractivity contribution is 7.90. The summed E-state index contributed by atoms with van der Waals surface area (Å²) >= 11 is 0. The number of aromatic amines is 1. The zero-order valence-corrected chi connectivity index (χ0v) is 15.2. The molecule has 1 aliphatic carbocycles. The summed E-state index contributed by atoms with van der Waals surface area (Å²) in [4.78, 5) is 12.6. The molecule has 3 heterocycles. The lowest BCUT2D eigenvalue weighted by Gasteiger charge is -2.32. The van der Waals surface area contributed by atoms with Crippen molar-refractivity contribution in [3.63, 3.8) is 0 Å². The molecule has 0 saturated heterocycles. The highest BCUT2D eigenvalue weighted by Crippen LogP contribution is 2.41. The molecule has 0 unspecified atom stereocenters. The monoisotopic (exact) mass is 382 g/mol. The number of imidazole rings is 1. The van der Waals surface area contributed by atoms with Gasteiger partial charge in [-0.15, -0.1) is 0 Å². The number of aliphatic hydroxyl groups excluding tert-OH is 1. The predicted molar refractivity (Wildman–Crippen MR) is 101 cm³/mol.